The Morgan fingerprint density at radius 3 is 2.39 bits per heavy atom. The molecule has 3 rings (SSSR count). The van der Waals surface area contributed by atoms with Gasteiger partial charge in [-0.3, -0.25) is 9.69 Å². The van der Waals surface area contributed by atoms with Crippen LogP contribution in [0.1, 0.15) is 31.1 Å². The third-order valence-corrected chi connectivity index (χ3v) is 5.00. The van der Waals surface area contributed by atoms with Crippen molar-refractivity contribution in [1.29, 1.82) is 0 Å². The SMILES string of the molecule is COC[C@@H]1COC(=O)N1c1ccc(C(=O)N2CCN(C(=O)OC(C)(C)C)CC2)c(F)c1. The van der Waals surface area contributed by atoms with Gasteiger partial charge in [-0.05, 0) is 39.0 Å². The normalized spacial score (nSPS) is 19.5. The highest BCUT2D eigenvalue weighted by Crippen LogP contribution is 2.26. The second-order valence-corrected chi connectivity index (χ2v) is 8.48. The minimum Gasteiger partial charge on any atom is -0.447 e. The highest BCUT2D eigenvalue weighted by Gasteiger charge is 2.35. The standard InChI is InChI=1S/C21H28FN3O6/c1-21(2,3)31-19(27)24-9-7-23(8-10-24)18(26)16-6-5-14(11-17(16)22)25-15(12-29-4)13-30-20(25)28/h5-6,11,15H,7-10,12-13H2,1-4H3/t15-/m1/s1. The Morgan fingerprint density at radius 1 is 1.16 bits per heavy atom. The average molecular weight is 437 g/mol. The van der Waals surface area contributed by atoms with E-state index in [9.17, 15) is 18.8 Å². The summed E-state index contributed by atoms with van der Waals surface area (Å²) in [4.78, 5) is 41.3. The monoisotopic (exact) mass is 437 g/mol. The van der Waals surface area contributed by atoms with Gasteiger partial charge in [0.1, 0.15) is 18.0 Å². The minimum absolute atomic E-state index is 0.0923. The average Bonchev–Trinajstić information content (AvgIpc) is 3.06. The number of amides is 3. The molecule has 10 heteroatoms. The largest absolute Gasteiger partial charge is 0.447 e. The van der Waals surface area contributed by atoms with Crippen LogP contribution in [-0.4, -0.2) is 86.0 Å². The summed E-state index contributed by atoms with van der Waals surface area (Å²) in [7, 11) is 1.51. The molecule has 9 nitrogen and oxygen atoms in total. The van der Waals surface area contributed by atoms with Gasteiger partial charge in [0.25, 0.3) is 5.91 Å². The van der Waals surface area contributed by atoms with Crippen molar-refractivity contribution in [2.75, 3.05) is 51.4 Å². The predicted octanol–water partition coefficient (Wildman–Crippen LogP) is 2.49. The number of rotatable bonds is 4. The van der Waals surface area contributed by atoms with Gasteiger partial charge in [0, 0.05) is 33.3 Å². The Bertz CT molecular complexity index is 848. The van der Waals surface area contributed by atoms with E-state index in [4.69, 9.17) is 14.2 Å². The van der Waals surface area contributed by atoms with Crippen molar-refractivity contribution in [2.24, 2.45) is 0 Å². The number of piperazine rings is 1. The molecule has 2 saturated heterocycles. The maximum atomic E-state index is 14.8. The summed E-state index contributed by atoms with van der Waals surface area (Å²) >= 11 is 0. The molecule has 0 bridgehead atoms. The van der Waals surface area contributed by atoms with Crippen LogP contribution in [0.4, 0.5) is 19.7 Å². The molecule has 0 saturated carbocycles. The molecule has 170 valence electrons. The topological polar surface area (TPSA) is 88.6 Å². The lowest BCUT2D eigenvalue weighted by molar-refractivity contribution is 0.0140. The summed E-state index contributed by atoms with van der Waals surface area (Å²) in [6.45, 7) is 6.91. The Hall–Kier alpha value is -2.88. The zero-order chi connectivity index (χ0) is 22.8. The second-order valence-electron chi connectivity index (χ2n) is 8.48. The molecule has 31 heavy (non-hydrogen) atoms. The van der Waals surface area contributed by atoms with E-state index in [1.165, 1.54) is 33.9 Å². The Balaban J connectivity index is 1.65. The molecule has 0 radical (unpaired) electrons. The maximum Gasteiger partial charge on any atom is 0.414 e. The van der Waals surface area contributed by atoms with Gasteiger partial charge in [0.2, 0.25) is 0 Å². The van der Waals surface area contributed by atoms with Crippen LogP contribution in [0.15, 0.2) is 18.2 Å². The van der Waals surface area contributed by atoms with Crippen molar-refractivity contribution in [3.63, 3.8) is 0 Å². The number of hydrogen-bond donors (Lipinski definition) is 0. The van der Waals surface area contributed by atoms with Crippen LogP contribution in [0, 0.1) is 5.82 Å². The van der Waals surface area contributed by atoms with Crippen LogP contribution in [0.2, 0.25) is 0 Å². The molecular weight excluding hydrogens is 409 g/mol. The zero-order valence-electron chi connectivity index (χ0n) is 18.2. The molecule has 0 spiro atoms. The molecule has 2 fully saturated rings. The van der Waals surface area contributed by atoms with Crippen molar-refractivity contribution in [3.05, 3.63) is 29.6 Å². The molecule has 1 aromatic carbocycles. The van der Waals surface area contributed by atoms with E-state index in [0.717, 1.165) is 6.07 Å². The molecule has 3 amide bonds. The smallest absolute Gasteiger partial charge is 0.414 e. The van der Waals surface area contributed by atoms with Gasteiger partial charge >= 0.3 is 12.2 Å². The first-order valence-electron chi connectivity index (χ1n) is 10.1. The van der Waals surface area contributed by atoms with Crippen molar-refractivity contribution in [1.82, 2.24) is 9.80 Å². The fourth-order valence-electron chi connectivity index (χ4n) is 3.51. The first-order valence-corrected chi connectivity index (χ1v) is 10.1. The van der Waals surface area contributed by atoms with Crippen molar-refractivity contribution < 1.29 is 33.0 Å². The van der Waals surface area contributed by atoms with E-state index in [1.54, 1.807) is 20.8 Å². The number of halogens is 1. The van der Waals surface area contributed by atoms with Crippen LogP contribution >= 0.6 is 0 Å². The lowest BCUT2D eigenvalue weighted by atomic mass is 10.1. The van der Waals surface area contributed by atoms with Crippen molar-refractivity contribution >= 4 is 23.8 Å². The van der Waals surface area contributed by atoms with E-state index in [1.807, 2.05) is 0 Å². The van der Waals surface area contributed by atoms with Gasteiger partial charge in [-0.2, -0.15) is 0 Å². The van der Waals surface area contributed by atoms with Crippen molar-refractivity contribution in [3.8, 4) is 0 Å². The van der Waals surface area contributed by atoms with E-state index in [0.29, 0.717) is 18.8 Å². The van der Waals surface area contributed by atoms with Gasteiger partial charge in [-0.15, -0.1) is 0 Å². The quantitative estimate of drug-likeness (QED) is 0.719. The first kappa shape index (κ1) is 22.8. The fraction of sp³-hybridized carbons (Fsp3) is 0.571. The van der Waals surface area contributed by atoms with Gasteiger partial charge in [-0.1, -0.05) is 0 Å². The number of ether oxygens (including phenoxy) is 3. The Labute approximate surface area is 180 Å². The number of carbonyl (C=O) groups is 3. The molecule has 2 heterocycles. The predicted molar refractivity (Wildman–Crippen MR) is 110 cm³/mol. The third-order valence-electron chi connectivity index (χ3n) is 5.00. The lowest BCUT2D eigenvalue weighted by Crippen LogP contribution is -2.51. The summed E-state index contributed by atoms with van der Waals surface area (Å²) in [5.74, 6) is -1.20. The van der Waals surface area contributed by atoms with E-state index >= 15 is 0 Å². The third kappa shape index (κ3) is 5.25. The van der Waals surface area contributed by atoms with Crippen LogP contribution in [0.5, 0.6) is 0 Å². The van der Waals surface area contributed by atoms with E-state index in [2.05, 4.69) is 0 Å². The van der Waals surface area contributed by atoms with Crippen LogP contribution in [0.25, 0.3) is 0 Å². The molecular formula is C21H28FN3O6. The number of anilines is 1. The molecule has 2 aliphatic heterocycles. The molecule has 2 aliphatic rings. The highest BCUT2D eigenvalue weighted by atomic mass is 19.1. The molecule has 0 aromatic heterocycles. The molecule has 1 atom stereocenters. The lowest BCUT2D eigenvalue weighted by Gasteiger charge is -2.35. The summed E-state index contributed by atoms with van der Waals surface area (Å²) in [6, 6.07) is 3.67. The molecule has 0 aliphatic carbocycles. The molecule has 1 aromatic rings. The van der Waals surface area contributed by atoms with Gasteiger partial charge < -0.3 is 24.0 Å². The van der Waals surface area contributed by atoms with E-state index in [-0.39, 0.29) is 37.9 Å². The van der Waals surface area contributed by atoms with Crippen LogP contribution in [0.3, 0.4) is 0 Å². The van der Waals surface area contributed by atoms with Gasteiger partial charge in [-0.25, -0.2) is 14.0 Å². The molecule has 0 unspecified atom stereocenters. The van der Waals surface area contributed by atoms with Crippen LogP contribution < -0.4 is 4.90 Å². The summed E-state index contributed by atoms with van der Waals surface area (Å²) in [5.41, 5.74) is -0.391. The van der Waals surface area contributed by atoms with Crippen LogP contribution in [-0.2, 0) is 14.2 Å². The highest BCUT2D eigenvalue weighted by molar-refractivity contribution is 5.96. The Morgan fingerprint density at radius 2 is 1.81 bits per heavy atom. The summed E-state index contributed by atoms with van der Waals surface area (Å²) in [6.07, 6.45) is -1.02. The van der Waals surface area contributed by atoms with E-state index < -0.39 is 29.5 Å². The second kappa shape index (κ2) is 9.09. The maximum absolute atomic E-state index is 14.8. The number of hydrogen-bond acceptors (Lipinski definition) is 6. The summed E-state index contributed by atoms with van der Waals surface area (Å²) < 4.78 is 30.3. The number of benzene rings is 1. The van der Waals surface area contributed by atoms with Gasteiger partial charge in [0.05, 0.1) is 23.9 Å². The first-order chi connectivity index (χ1) is 14.6. The number of cyclic esters (lactones) is 1. The zero-order valence-corrected chi connectivity index (χ0v) is 18.2. The fourth-order valence-corrected chi connectivity index (χ4v) is 3.51. The number of methoxy groups -OCH3 is 1. The summed E-state index contributed by atoms with van der Waals surface area (Å²) in [5, 5.41) is 0. The Kier molecular flexibility index (Phi) is 6.68. The number of carbonyl (C=O) groups excluding carboxylic acids is 3. The van der Waals surface area contributed by atoms with Gasteiger partial charge in [0.15, 0.2) is 0 Å². The van der Waals surface area contributed by atoms with Crippen molar-refractivity contribution in [2.45, 2.75) is 32.4 Å². The molecule has 0 N–H and O–H groups in total. The minimum atomic E-state index is -0.729. The number of nitrogens with zero attached hydrogens (tertiary/aromatic N) is 3.